The normalized spacial score (nSPS) is 11.5. The van der Waals surface area contributed by atoms with Gasteiger partial charge in [0.05, 0.1) is 0 Å². The minimum Gasteiger partial charge on any atom is -0.418 e. The van der Waals surface area contributed by atoms with E-state index >= 15 is 0 Å². The van der Waals surface area contributed by atoms with Crippen molar-refractivity contribution in [2.24, 2.45) is 0 Å². The van der Waals surface area contributed by atoms with E-state index in [1.807, 2.05) is 0 Å². The molecule has 0 amide bonds. The number of alkyl halides is 3. The highest BCUT2D eigenvalue weighted by Gasteiger charge is 2.34. The summed E-state index contributed by atoms with van der Waals surface area (Å²) >= 11 is 0. The van der Waals surface area contributed by atoms with Gasteiger partial charge in [0.2, 0.25) is 5.76 Å². The fourth-order valence-electron chi connectivity index (χ4n) is 1.41. The molecule has 0 radical (unpaired) electrons. The Morgan fingerprint density at radius 2 is 1.59 bits per heavy atom. The SMILES string of the molecule is O=c1cc(-c2ccccc2)cc(C(F)(F)F)o1. The molecule has 0 saturated heterocycles. The van der Waals surface area contributed by atoms with Crippen LogP contribution in [0.2, 0.25) is 0 Å². The molecule has 2 aromatic rings. The smallest absolute Gasteiger partial charge is 0.418 e. The second-order valence-corrected chi connectivity index (χ2v) is 3.39. The van der Waals surface area contributed by atoms with Crippen LogP contribution in [0.3, 0.4) is 0 Å². The highest BCUT2D eigenvalue weighted by Crippen LogP contribution is 2.30. The van der Waals surface area contributed by atoms with Crippen LogP contribution in [0.5, 0.6) is 0 Å². The average molecular weight is 240 g/mol. The third-order valence-corrected chi connectivity index (χ3v) is 2.16. The molecule has 0 spiro atoms. The van der Waals surface area contributed by atoms with Crippen LogP contribution in [0.1, 0.15) is 5.76 Å². The predicted molar refractivity (Wildman–Crippen MR) is 55.4 cm³/mol. The molecule has 5 heteroatoms. The summed E-state index contributed by atoms with van der Waals surface area (Å²) in [6.07, 6.45) is -4.66. The second kappa shape index (κ2) is 4.08. The van der Waals surface area contributed by atoms with Crippen LogP contribution in [0.25, 0.3) is 11.1 Å². The van der Waals surface area contributed by atoms with E-state index in [4.69, 9.17) is 0 Å². The zero-order valence-corrected chi connectivity index (χ0v) is 8.49. The Labute approximate surface area is 94.3 Å². The lowest BCUT2D eigenvalue weighted by Crippen LogP contribution is -2.10. The molecule has 0 bridgehead atoms. The molecule has 0 aliphatic heterocycles. The maximum absolute atomic E-state index is 12.4. The minimum atomic E-state index is -4.66. The quantitative estimate of drug-likeness (QED) is 0.765. The topological polar surface area (TPSA) is 30.2 Å². The van der Waals surface area contributed by atoms with E-state index in [1.54, 1.807) is 30.3 Å². The molecular weight excluding hydrogens is 233 g/mol. The molecule has 0 N–H and O–H groups in total. The van der Waals surface area contributed by atoms with E-state index < -0.39 is 17.6 Å². The van der Waals surface area contributed by atoms with Crippen LogP contribution in [-0.4, -0.2) is 0 Å². The summed E-state index contributed by atoms with van der Waals surface area (Å²) in [5.41, 5.74) is -0.293. The number of hydrogen-bond acceptors (Lipinski definition) is 2. The Morgan fingerprint density at radius 1 is 0.941 bits per heavy atom. The minimum absolute atomic E-state index is 0.189. The van der Waals surface area contributed by atoms with Gasteiger partial charge in [0.25, 0.3) is 0 Å². The summed E-state index contributed by atoms with van der Waals surface area (Å²) in [6, 6.07) is 10.2. The van der Waals surface area contributed by atoms with Crippen LogP contribution in [0.15, 0.2) is 51.7 Å². The van der Waals surface area contributed by atoms with Gasteiger partial charge in [-0.15, -0.1) is 0 Å². The average Bonchev–Trinajstić information content (AvgIpc) is 2.28. The number of halogens is 3. The van der Waals surface area contributed by atoms with E-state index in [2.05, 4.69) is 4.42 Å². The molecule has 0 fully saturated rings. The Balaban J connectivity index is 2.58. The Morgan fingerprint density at radius 3 is 2.18 bits per heavy atom. The van der Waals surface area contributed by atoms with Gasteiger partial charge in [-0.05, 0) is 17.2 Å². The lowest BCUT2D eigenvalue weighted by Gasteiger charge is -2.06. The standard InChI is InChI=1S/C12H7F3O2/c13-12(14,15)10-6-9(7-11(16)17-10)8-4-2-1-3-5-8/h1-7H. The number of rotatable bonds is 1. The summed E-state index contributed by atoms with van der Waals surface area (Å²) in [7, 11) is 0. The van der Waals surface area contributed by atoms with Gasteiger partial charge in [0.1, 0.15) is 0 Å². The second-order valence-electron chi connectivity index (χ2n) is 3.39. The van der Waals surface area contributed by atoms with Gasteiger partial charge in [0.15, 0.2) is 0 Å². The molecule has 0 aliphatic carbocycles. The highest BCUT2D eigenvalue weighted by molar-refractivity contribution is 5.62. The van der Waals surface area contributed by atoms with Crippen molar-refractivity contribution in [3.05, 3.63) is 58.6 Å². The van der Waals surface area contributed by atoms with Crippen molar-refractivity contribution in [2.75, 3.05) is 0 Å². The molecule has 0 aliphatic rings. The molecule has 0 atom stereocenters. The predicted octanol–water partition coefficient (Wildman–Crippen LogP) is 3.33. The van der Waals surface area contributed by atoms with Crippen LogP contribution in [0, 0.1) is 0 Å². The zero-order valence-electron chi connectivity index (χ0n) is 8.49. The van der Waals surface area contributed by atoms with E-state index in [0.29, 0.717) is 5.56 Å². The molecule has 1 aromatic carbocycles. The van der Waals surface area contributed by atoms with Crippen LogP contribution in [0.4, 0.5) is 13.2 Å². The van der Waals surface area contributed by atoms with Crippen molar-refractivity contribution in [1.29, 1.82) is 0 Å². The Kier molecular flexibility index (Phi) is 2.75. The van der Waals surface area contributed by atoms with Gasteiger partial charge in [-0.3, -0.25) is 0 Å². The van der Waals surface area contributed by atoms with E-state index in [9.17, 15) is 18.0 Å². The summed E-state index contributed by atoms with van der Waals surface area (Å²) in [5.74, 6) is -1.29. The fourth-order valence-corrected chi connectivity index (χ4v) is 1.41. The fraction of sp³-hybridized carbons (Fsp3) is 0.0833. The molecular formula is C12H7F3O2. The van der Waals surface area contributed by atoms with Crippen molar-refractivity contribution in [2.45, 2.75) is 6.18 Å². The molecule has 1 aromatic heterocycles. The number of benzene rings is 1. The summed E-state index contributed by atoms with van der Waals surface area (Å²) in [6.45, 7) is 0. The van der Waals surface area contributed by atoms with Gasteiger partial charge >= 0.3 is 11.8 Å². The third-order valence-electron chi connectivity index (χ3n) is 2.16. The van der Waals surface area contributed by atoms with Gasteiger partial charge in [0, 0.05) is 6.07 Å². The van der Waals surface area contributed by atoms with Crippen molar-refractivity contribution in [1.82, 2.24) is 0 Å². The first-order valence-corrected chi connectivity index (χ1v) is 4.74. The molecule has 17 heavy (non-hydrogen) atoms. The molecule has 0 saturated carbocycles. The lowest BCUT2D eigenvalue weighted by molar-refractivity contribution is -0.154. The van der Waals surface area contributed by atoms with Crippen LogP contribution < -0.4 is 5.63 Å². The van der Waals surface area contributed by atoms with Gasteiger partial charge in [-0.25, -0.2) is 4.79 Å². The summed E-state index contributed by atoms with van der Waals surface area (Å²) in [4.78, 5) is 11.1. The maximum Gasteiger partial charge on any atom is 0.449 e. The van der Waals surface area contributed by atoms with Gasteiger partial charge in [-0.1, -0.05) is 30.3 Å². The largest absolute Gasteiger partial charge is 0.449 e. The zero-order chi connectivity index (χ0) is 12.5. The van der Waals surface area contributed by atoms with Crippen molar-refractivity contribution >= 4 is 0 Å². The molecule has 2 rings (SSSR count). The monoisotopic (exact) mass is 240 g/mol. The first-order valence-electron chi connectivity index (χ1n) is 4.74. The third kappa shape index (κ3) is 2.55. The molecule has 88 valence electrons. The summed E-state index contributed by atoms with van der Waals surface area (Å²) < 4.78 is 41.4. The van der Waals surface area contributed by atoms with E-state index in [0.717, 1.165) is 12.1 Å². The van der Waals surface area contributed by atoms with Crippen molar-refractivity contribution in [3.63, 3.8) is 0 Å². The Hall–Kier alpha value is -2.04. The highest BCUT2D eigenvalue weighted by atomic mass is 19.4. The van der Waals surface area contributed by atoms with Crippen molar-refractivity contribution in [3.8, 4) is 11.1 Å². The molecule has 0 unspecified atom stereocenters. The van der Waals surface area contributed by atoms with E-state index in [-0.39, 0.29) is 5.56 Å². The molecule has 1 heterocycles. The molecule has 2 nitrogen and oxygen atoms in total. The first kappa shape index (κ1) is 11.4. The van der Waals surface area contributed by atoms with Crippen LogP contribution in [-0.2, 0) is 6.18 Å². The van der Waals surface area contributed by atoms with Crippen molar-refractivity contribution < 1.29 is 17.6 Å². The Bertz CT molecular complexity index is 570. The van der Waals surface area contributed by atoms with Crippen LogP contribution >= 0.6 is 0 Å². The first-order chi connectivity index (χ1) is 7.97. The lowest BCUT2D eigenvalue weighted by atomic mass is 10.1. The van der Waals surface area contributed by atoms with Gasteiger partial charge in [-0.2, -0.15) is 13.2 Å². The number of hydrogen-bond donors (Lipinski definition) is 0. The maximum atomic E-state index is 12.4. The summed E-state index contributed by atoms with van der Waals surface area (Å²) in [5, 5.41) is 0. The van der Waals surface area contributed by atoms with Gasteiger partial charge < -0.3 is 4.42 Å². The van der Waals surface area contributed by atoms with E-state index in [1.165, 1.54) is 0 Å².